The van der Waals surface area contributed by atoms with Crippen molar-refractivity contribution < 1.29 is 9.59 Å². The second-order valence-electron chi connectivity index (χ2n) is 5.05. The van der Waals surface area contributed by atoms with Gasteiger partial charge in [0, 0.05) is 25.3 Å². The van der Waals surface area contributed by atoms with E-state index in [2.05, 4.69) is 5.32 Å². The average Bonchev–Trinajstić information content (AvgIpc) is 3.20. The van der Waals surface area contributed by atoms with Gasteiger partial charge in [-0.15, -0.1) is 0 Å². The summed E-state index contributed by atoms with van der Waals surface area (Å²) in [6.07, 6.45) is 3.94. The molecule has 0 bridgehead atoms. The minimum atomic E-state index is -0.242. The number of nitrogens with two attached hydrogens (primary N) is 1. The molecule has 20 heavy (non-hydrogen) atoms. The van der Waals surface area contributed by atoms with Gasteiger partial charge in [0.05, 0.1) is 12.2 Å². The Morgan fingerprint density at radius 2 is 2.05 bits per heavy atom. The zero-order valence-corrected chi connectivity index (χ0v) is 12.1. The van der Waals surface area contributed by atoms with Gasteiger partial charge in [0.1, 0.15) is 5.69 Å². The molecule has 1 aliphatic rings. The van der Waals surface area contributed by atoms with Crippen LogP contribution in [0.15, 0.2) is 12.3 Å². The molecule has 0 aromatic carbocycles. The van der Waals surface area contributed by atoms with Gasteiger partial charge in [-0.2, -0.15) is 0 Å². The fourth-order valence-corrected chi connectivity index (χ4v) is 2.27. The van der Waals surface area contributed by atoms with Crippen LogP contribution in [0, 0.1) is 0 Å². The maximum atomic E-state index is 12.2. The van der Waals surface area contributed by atoms with E-state index in [1.165, 1.54) is 0 Å². The average molecular weight is 278 g/mol. The maximum Gasteiger partial charge on any atom is 0.268 e. The first-order valence-corrected chi connectivity index (χ1v) is 7.10. The van der Waals surface area contributed by atoms with Crippen molar-refractivity contribution >= 4 is 17.5 Å². The Hall–Kier alpha value is -1.98. The van der Waals surface area contributed by atoms with Crippen LogP contribution in [0.1, 0.15) is 43.2 Å². The van der Waals surface area contributed by atoms with Gasteiger partial charge >= 0.3 is 0 Å². The van der Waals surface area contributed by atoms with Crippen LogP contribution in [0.4, 0.5) is 5.69 Å². The van der Waals surface area contributed by atoms with E-state index in [-0.39, 0.29) is 18.4 Å². The summed E-state index contributed by atoms with van der Waals surface area (Å²) in [5.41, 5.74) is 6.87. The molecule has 1 aromatic rings. The van der Waals surface area contributed by atoms with Gasteiger partial charge < -0.3 is 20.5 Å². The van der Waals surface area contributed by atoms with Crippen LogP contribution in [-0.2, 0) is 4.79 Å². The molecule has 6 heteroatoms. The van der Waals surface area contributed by atoms with Crippen LogP contribution in [0.3, 0.4) is 0 Å². The first-order chi connectivity index (χ1) is 9.56. The van der Waals surface area contributed by atoms with E-state index in [0.717, 1.165) is 12.8 Å². The summed E-state index contributed by atoms with van der Waals surface area (Å²) in [7, 11) is 0. The molecule has 0 saturated heterocycles. The van der Waals surface area contributed by atoms with Crippen LogP contribution < -0.4 is 11.1 Å². The fraction of sp³-hybridized carbons (Fsp3) is 0.571. The Labute approximate surface area is 118 Å². The predicted octanol–water partition coefficient (Wildman–Crippen LogP) is 1.00. The van der Waals surface area contributed by atoms with Gasteiger partial charge in [0.25, 0.3) is 5.91 Å². The highest BCUT2D eigenvalue weighted by molar-refractivity contribution is 5.96. The third kappa shape index (κ3) is 3.12. The Bertz CT molecular complexity index is 501. The molecule has 1 aliphatic carbocycles. The molecule has 1 fully saturated rings. The molecule has 1 saturated carbocycles. The van der Waals surface area contributed by atoms with E-state index in [1.807, 2.05) is 18.4 Å². The number of carbonyl (C=O) groups is 2. The Balaban J connectivity index is 1.97. The van der Waals surface area contributed by atoms with Crippen LogP contribution in [0.25, 0.3) is 0 Å². The molecule has 0 unspecified atom stereocenters. The molecule has 0 radical (unpaired) electrons. The SMILES string of the molecule is CCN(CC)C(=O)CNC(=O)c1cc(N)cn1C1CC1. The summed E-state index contributed by atoms with van der Waals surface area (Å²) in [5, 5.41) is 2.68. The summed E-state index contributed by atoms with van der Waals surface area (Å²) in [6.45, 7) is 5.16. The van der Waals surface area contributed by atoms with Crippen LogP contribution >= 0.6 is 0 Å². The lowest BCUT2D eigenvalue weighted by atomic mass is 10.3. The van der Waals surface area contributed by atoms with Gasteiger partial charge in [-0.05, 0) is 32.8 Å². The third-order valence-corrected chi connectivity index (χ3v) is 3.56. The van der Waals surface area contributed by atoms with Crippen molar-refractivity contribution in [2.24, 2.45) is 0 Å². The predicted molar refractivity (Wildman–Crippen MR) is 77.4 cm³/mol. The minimum Gasteiger partial charge on any atom is -0.397 e. The summed E-state index contributed by atoms with van der Waals surface area (Å²) in [4.78, 5) is 25.7. The highest BCUT2D eigenvalue weighted by atomic mass is 16.2. The van der Waals surface area contributed by atoms with Crippen LogP contribution in [0.5, 0.6) is 0 Å². The zero-order chi connectivity index (χ0) is 14.7. The highest BCUT2D eigenvalue weighted by Crippen LogP contribution is 2.37. The van der Waals surface area contributed by atoms with E-state index < -0.39 is 0 Å². The molecule has 1 aromatic heterocycles. The van der Waals surface area contributed by atoms with E-state index in [1.54, 1.807) is 17.2 Å². The molecule has 6 nitrogen and oxygen atoms in total. The standard InChI is InChI=1S/C14H22N4O2/c1-3-17(4-2)13(19)8-16-14(20)12-7-10(15)9-18(12)11-5-6-11/h7,9,11H,3-6,8,15H2,1-2H3,(H,16,20). The van der Waals surface area contributed by atoms with E-state index in [0.29, 0.717) is 30.5 Å². The number of rotatable bonds is 6. The smallest absolute Gasteiger partial charge is 0.268 e. The number of nitrogen functional groups attached to an aromatic ring is 1. The summed E-state index contributed by atoms with van der Waals surface area (Å²) in [5.74, 6) is -0.310. The number of anilines is 1. The van der Waals surface area contributed by atoms with Crippen molar-refractivity contribution in [3.63, 3.8) is 0 Å². The normalized spacial score (nSPS) is 14.1. The number of amides is 2. The van der Waals surface area contributed by atoms with Crippen molar-refractivity contribution in [3.05, 3.63) is 18.0 Å². The van der Waals surface area contributed by atoms with Crippen molar-refractivity contribution in [2.45, 2.75) is 32.7 Å². The second kappa shape index (κ2) is 5.98. The lowest BCUT2D eigenvalue weighted by molar-refractivity contribution is -0.129. The van der Waals surface area contributed by atoms with Crippen molar-refractivity contribution in [1.29, 1.82) is 0 Å². The van der Waals surface area contributed by atoms with Gasteiger partial charge in [-0.3, -0.25) is 9.59 Å². The zero-order valence-electron chi connectivity index (χ0n) is 12.1. The van der Waals surface area contributed by atoms with E-state index >= 15 is 0 Å². The van der Waals surface area contributed by atoms with Gasteiger partial charge in [-0.25, -0.2) is 0 Å². The van der Waals surface area contributed by atoms with E-state index in [4.69, 9.17) is 5.73 Å². The number of hydrogen-bond acceptors (Lipinski definition) is 3. The second-order valence-corrected chi connectivity index (χ2v) is 5.05. The fourth-order valence-electron chi connectivity index (χ4n) is 2.27. The molecule has 3 N–H and O–H groups in total. The molecule has 0 atom stereocenters. The quantitative estimate of drug-likeness (QED) is 0.814. The Morgan fingerprint density at radius 3 is 2.60 bits per heavy atom. The summed E-state index contributed by atoms with van der Waals surface area (Å²) < 4.78 is 1.91. The molecule has 0 aliphatic heterocycles. The van der Waals surface area contributed by atoms with Crippen molar-refractivity contribution in [2.75, 3.05) is 25.4 Å². The number of carbonyl (C=O) groups excluding carboxylic acids is 2. The van der Waals surface area contributed by atoms with Crippen molar-refractivity contribution in [3.8, 4) is 0 Å². The molecule has 110 valence electrons. The largest absolute Gasteiger partial charge is 0.397 e. The lowest BCUT2D eigenvalue weighted by Crippen LogP contribution is -2.40. The molecular weight excluding hydrogens is 256 g/mol. The third-order valence-electron chi connectivity index (χ3n) is 3.56. The molecular formula is C14H22N4O2. The first-order valence-electron chi connectivity index (χ1n) is 7.10. The molecule has 1 heterocycles. The summed E-state index contributed by atoms with van der Waals surface area (Å²) in [6, 6.07) is 2.04. The van der Waals surface area contributed by atoms with Crippen LogP contribution in [0.2, 0.25) is 0 Å². The van der Waals surface area contributed by atoms with Gasteiger partial charge in [0.2, 0.25) is 5.91 Å². The van der Waals surface area contributed by atoms with E-state index in [9.17, 15) is 9.59 Å². The number of nitrogens with zero attached hydrogens (tertiary/aromatic N) is 2. The van der Waals surface area contributed by atoms with Crippen LogP contribution in [-0.4, -0.2) is 40.9 Å². The number of likely N-dealkylation sites (N-methyl/N-ethyl adjacent to an activating group) is 1. The number of aromatic nitrogens is 1. The maximum absolute atomic E-state index is 12.2. The Morgan fingerprint density at radius 1 is 1.40 bits per heavy atom. The van der Waals surface area contributed by atoms with Crippen molar-refractivity contribution in [1.82, 2.24) is 14.8 Å². The lowest BCUT2D eigenvalue weighted by Gasteiger charge is -2.18. The molecule has 2 rings (SSSR count). The van der Waals surface area contributed by atoms with Gasteiger partial charge in [-0.1, -0.05) is 0 Å². The minimum absolute atomic E-state index is 0.0241. The highest BCUT2D eigenvalue weighted by Gasteiger charge is 2.27. The van der Waals surface area contributed by atoms with Gasteiger partial charge in [0.15, 0.2) is 0 Å². The number of hydrogen-bond donors (Lipinski definition) is 2. The topological polar surface area (TPSA) is 80.4 Å². The molecule has 0 spiro atoms. The Kier molecular flexibility index (Phi) is 4.32. The monoisotopic (exact) mass is 278 g/mol. The first kappa shape index (κ1) is 14.4. The molecule has 2 amide bonds. The number of nitrogens with one attached hydrogen (secondary N) is 1. The summed E-state index contributed by atoms with van der Waals surface area (Å²) >= 11 is 0.